The number of rotatable bonds is 10. The van der Waals surface area contributed by atoms with Gasteiger partial charge in [-0.25, -0.2) is 4.98 Å². The smallest absolute Gasteiger partial charge is 0.421 e. The fourth-order valence-corrected chi connectivity index (χ4v) is 5.68. The Morgan fingerprint density at radius 1 is 1.17 bits per heavy atom. The van der Waals surface area contributed by atoms with Gasteiger partial charge in [0, 0.05) is 29.8 Å². The van der Waals surface area contributed by atoms with Gasteiger partial charge < -0.3 is 31.3 Å². The summed E-state index contributed by atoms with van der Waals surface area (Å²) in [7, 11) is 3.49. The molecule has 1 saturated heterocycles. The number of piperidine rings is 1. The lowest BCUT2D eigenvalue weighted by Gasteiger charge is -2.31. The van der Waals surface area contributed by atoms with E-state index in [0.29, 0.717) is 36.3 Å². The number of methoxy groups -OCH3 is 1. The van der Waals surface area contributed by atoms with Crippen LogP contribution < -0.4 is 26.4 Å². The molecular formula is C29H40F3N7O3. The molecule has 1 aromatic heterocycles. The Bertz CT molecular complexity index is 1250. The first-order valence-corrected chi connectivity index (χ1v) is 14.4. The summed E-state index contributed by atoms with van der Waals surface area (Å²) in [6.07, 6.45) is 1.44. The van der Waals surface area contributed by atoms with Crippen LogP contribution in [0.4, 0.5) is 30.6 Å². The number of carbonyl (C=O) groups is 2. The maximum atomic E-state index is 13.9. The van der Waals surface area contributed by atoms with Crippen molar-refractivity contribution in [1.29, 1.82) is 0 Å². The quantitative estimate of drug-likeness (QED) is 0.316. The van der Waals surface area contributed by atoms with Crippen molar-refractivity contribution < 1.29 is 27.5 Å². The van der Waals surface area contributed by atoms with Gasteiger partial charge in [0.05, 0.1) is 12.8 Å². The first-order chi connectivity index (χ1) is 19.9. The Balaban J connectivity index is 1.48. The van der Waals surface area contributed by atoms with Crippen molar-refractivity contribution in [1.82, 2.24) is 20.2 Å². The Labute approximate surface area is 244 Å². The van der Waals surface area contributed by atoms with Crippen LogP contribution in [0.1, 0.15) is 67.8 Å². The van der Waals surface area contributed by atoms with Crippen LogP contribution in [0, 0.1) is 11.8 Å². The van der Waals surface area contributed by atoms with E-state index in [4.69, 9.17) is 10.5 Å². The zero-order valence-electron chi connectivity index (χ0n) is 24.3. The zero-order valence-corrected chi connectivity index (χ0v) is 24.3. The molecule has 1 aromatic carbocycles. The second-order valence-electron chi connectivity index (χ2n) is 11.5. The van der Waals surface area contributed by atoms with Crippen LogP contribution in [-0.4, -0.2) is 66.0 Å². The van der Waals surface area contributed by atoms with Gasteiger partial charge in [-0.3, -0.25) is 9.59 Å². The molecule has 13 heteroatoms. The molecule has 0 bridgehead atoms. The van der Waals surface area contributed by atoms with E-state index in [-0.39, 0.29) is 47.5 Å². The molecule has 2 fully saturated rings. The van der Waals surface area contributed by atoms with Gasteiger partial charge in [-0.05, 0) is 76.4 Å². The molecule has 1 saturated carbocycles. The molecule has 5 N–H and O–H groups in total. The number of likely N-dealkylation sites (tertiary alicyclic amines) is 1. The van der Waals surface area contributed by atoms with Crippen molar-refractivity contribution in [3.05, 3.63) is 35.5 Å². The highest BCUT2D eigenvalue weighted by atomic mass is 19.4. The van der Waals surface area contributed by atoms with Gasteiger partial charge in [0.15, 0.2) is 0 Å². The third kappa shape index (κ3) is 8.24. The monoisotopic (exact) mass is 591 g/mol. The van der Waals surface area contributed by atoms with Crippen LogP contribution in [-0.2, 0) is 11.0 Å². The average molecular weight is 592 g/mol. The number of hydrogen-bond acceptors (Lipinski definition) is 8. The van der Waals surface area contributed by atoms with Gasteiger partial charge >= 0.3 is 6.18 Å². The van der Waals surface area contributed by atoms with E-state index in [1.165, 1.54) is 7.11 Å². The highest BCUT2D eigenvalue weighted by Crippen LogP contribution is 2.37. The van der Waals surface area contributed by atoms with Crippen LogP contribution in [0.15, 0.2) is 24.4 Å². The van der Waals surface area contributed by atoms with Gasteiger partial charge in [0.2, 0.25) is 11.9 Å². The molecule has 2 unspecified atom stereocenters. The average Bonchev–Trinajstić information content (AvgIpc) is 2.94. The zero-order chi connectivity index (χ0) is 30.4. The number of hydrogen-bond donors (Lipinski definition) is 4. The number of ether oxygens (including phenoxy) is 1. The molecule has 0 radical (unpaired) electrons. The number of nitrogens with one attached hydrogen (secondary N) is 3. The summed E-state index contributed by atoms with van der Waals surface area (Å²) in [5.41, 5.74) is 5.25. The lowest BCUT2D eigenvalue weighted by molar-refractivity contribution is -0.137. The highest BCUT2D eigenvalue weighted by Gasteiger charge is 2.36. The first kappa shape index (κ1) is 31.3. The van der Waals surface area contributed by atoms with Crippen molar-refractivity contribution >= 4 is 29.3 Å². The SMILES string of the molecule is COc1cc(C(=O)NC2CCN(C)CC2)ccc1Nc1ncc(C(F)(F)F)c(N[C@@H]2CCCC(CC(C)C(N)=O)C2)n1. The lowest BCUT2D eigenvalue weighted by atomic mass is 9.80. The Hall–Kier alpha value is -3.61. The van der Waals surface area contributed by atoms with Crippen LogP contribution in [0.5, 0.6) is 5.75 Å². The number of anilines is 3. The number of carbonyl (C=O) groups excluding carboxylic acids is 2. The molecule has 4 rings (SSSR count). The van der Waals surface area contributed by atoms with Gasteiger partial charge in [-0.15, -0.1) is 0 Å². The molecule has 42 heavy (non-hydrogen) atoms. The number of aromatic nitrogens is 2. The Kier molecular flexibility index (Phi) is 10.1. The number of nitrogens with zero attached hydrogens (tertiary/aromatic N) is 3. The maximum absolute atomic E-state index is 13.9. The van der Waals surface area contributed by atoms with Crippen LogP contribution in [0.3, 0.4) is 0 Å². The van der Waals surface area contributed by atoms with E-state index in [1.807, 2.05) is 0 Å². The van der Waals surface area contributed by atoms with Crippen LogP contribution >= 0.6 is 0 Å². The molecule has 3 atom stereocenters. The van der Waals surface area contributed by atoms with Gasteiger partial charge in [-0.2, -0.15) is 18.2 Å². The number of primary amides is 1. The minimum absolute atomic E-state index is 0.0537. The normalized spacial score (nSPS) is 20.9. The Morgan fingerprint density at radius 3 is 2.57 bits per heavy atom. The summed E-state index contributed by atoms with van der Waals surface area (Å²) in [5.74, 6) is -0.769. The molecule has 2 amide bonds. The molecule has 1 aliphatic carbocycles. The van der Waals surface area contributed by atoms with E-state index in [9.17, 15) is 22.8 Å². The van der Waals surface area contributed by atoms with E-state index in [2.05, 4.69) is 37.9 Å². The summed E-state index contributed by atoms with van der Waals surface area (Å²) >= 11 is 0. The molecule has 1 aliphatic heterocycles. The van der Waals surface area contributed by atoms with Crippen LogP contribution in [0.25, 0.3) is 0 Å². The van der Waals surface area contributed by atoms with Crippen LogP contribution in [0.2, 0.25) is 0 Å². The predicted molar refractivity (Wildman–Crippen MR) is 154 cm³/mol. The van der Waals surface area contributed by atoms with Crippen molar-refractivity contribution in [2.24, 2.45) is 17.6 Å². The Morgan fingerprint density at radius 2 is 1.90 bits per heavy atom. The minimum Gasteiger partial charge on any atom is -0.495 e. The van der Waals surface area contributed by atoms with Gasteiger partial charge in [0.1, 0.15) is 17.1 Å². The topological polar surface area (TPSA) is 134 Å². The lowest BCUT2D eigenvalue weighted by Crippen LogP contribution is -2.43. The van der Waals surface area contributed by atoms with E-state index >= 15 is 0 Å². The molecule has 2 heterocycles. The summed E-state index contributed by atoms with van der Waals surface area (Å²) in [6.45, 7) is 3.60. The fourth-order valence-electron chi connectivity index (χ4n) is 5.68. The largest absolute Gasteiger partial charge is 0.495 e. The summed E-state index contributed by atoms with van der Waals surface area (Å²) < 4.78 is 47.1. The van der Waals surface area contributed by atoms with E-state index in [1.54, 1.807) is 25.1 Å². The predicted octanol–water partition coefficient (Wildman–Crippen LogP) is 4.55. The fraction of sp³-hybridized carbons (Fsp3) is 0.586. The molecular weight excluding hydrogens is 551 g/mol. The number of nitrogens with two attached hydrogens (primary N) is 1. The molecule has 0 spiro atoms. The number of amides is 2. The molecule has 2 aliphatic rings. The molecule has 230 valence electrons. The third-order valence-corrected chi connectivity index (χ3v) is 8.15. The van der Waals surface area contributed by atoms with Crippen molar-refractivity contribution in [3.63, 3.8) is 0 Å². The second-order valence-corrected chi connectivity index (χ2v) is 11.5. The molecule has 2 aromatic rings. The summed E-state index contributed by atoms with van der Waals surface area (Å²) in [6, 6.07) is 4.65. The van der Waals surface area contributed by atoms with Crippen molar-refractivity contribution in [2.75, 3.05) is 37.9 Å². The maximum Gasteiger partial charge on any atom is 0.421 e. The first-order valence-electron chi connectivity index (χ1n) is 14.4. The van der Waals surface area contributed by atoms with Crippen molar-refractivity contribution in [3.8, 4) is 5.75 Å². The number of alkyl halides is 3. The highest BCUT2D eigenvalue weighted by molar-refractivity contribution is 5.95. The van der Waals surface area contributed by atoms with Gasteiger partial charge in [-0.1, -0.05) is 19.8 Å². The standard InChI is InChI=1S/C29H40F3N7O3/c1-17(25(33)40)13-18-5-4-6-21(14-18)35-26-22(29(30,31)32)16-34-28(38-26)37-23-8-7-19(15-24(23)42-3)27(41)36-20-9-11-39(2)12-10-20/h7-8,15-18,20-21H,4-6,9-14H2,1-3H3,(H2,33,40)(H,36,41)(H2,34,35,37,38)/t17?,18?,21-/m1/s1. The van der Waals surface area contributed by atoms with Crippen molar-refractivity contribution in [2.45, 2.75) is 70.1 Å². The second kappa shape index (κ2) is 13.6. The molecule has 10 nitrogen and oxygen atoms in total. The van der Waals surface area contributed by atoms with E-state index in [0.717, 1.165) is 45.0 Å². The summed E-state index contributed by atoms with van der Waals surface area (Å²) in [5, 5.41) is 8.99. The summed E-state index contributed by atoms with van der Waals surface area (Å²) in [4.78, 5) is 34.7. The number of benzene rings is 1. The third-order valence-electron chi connectivity index (χ3n) is 8.15. The van der Waals surface area contributed by atoms with E-state index < -0.39 is 11.7 Å². The minimum atomic E-state index is -4.66. The van der Waals surface area contributed by atoms with Gasteiger partial charge in [0.25, 0.3) is 5.91 Å². The number of halogens is 3.